The topological polar surface area (TPSA) is 46.2 Å². The van der Waals surface area contributed by atoms with Crippen LogP contribution in [0.3, 0.4) is 0 Å². The summed E-state index contributed by atoms with van der Waals surface area (Å²) in [5.74, 6) is -0.571. The number of imide groups is 1. The van der Waals surface area contributed by atoms with Gasteiger partial charge in [0.2, 0.25) is 0 Å². The van der Waals surface area contributed by atoms with Crippen LogP contribution in [0.5, 0.6) is 0 Å². The monoisotopic (exact) mass is 205 g/mol. The van der Waals surface area contributed by atoms with Gasteiger partial charge in [0.15, 0.2) is 0 Å². The first-order valence-electron chi connectivity index (χ1n) is 5.21. The molecule has 0 bridgehead atoms. The number of benzene rings is 1. The Bertz CT molecular complexity index is 397. The van der Waals surface area contributed by atoms with E-state index in [1.165, 1.54) is 0 Å². The molecule has 3 heteroatoms. The van der Waals surface area contributed by atoms with E-state index in [9.17, 15) is 9.59 Å². The summed E-state index contributed by atoms with van der Waals surface area (Å²) in [6.07, 6.45) is 0.870. The predicted molar refractivity (Wildman–Crippen MR) is 59.0 cm³/mol. The lowest BCUT2D eigenvalue weighted by atomic mass is 10.0. The van der Waals surface area contributed by atoms with Crippen molar-refractivity contribution in [3.05, 3.63) is 34.9 Å². The molecule has 0 saturated heterocycles. The fourth-order valence-corrected chi connectivity index (χ4v) is 1.43. The summed E-state index contributed by atoms with van der Waals surface area (Å²) in [6, 6.07) is 5.35. The molecule has 0 saturated carbocycles. The van der Waals surface area contributed by atoms with Gasteiger partial charge in [-0.25, -0.2) is 0 Å². The van der Waals surface area contributed by atoms with Gasteiger partial charge in [-0.2, -0.15) is 0 Å². The van der Waals surface area contributed by atoms with Crippen LogP contribution in [0.2, 0.25) is 0 Å². The molecule has 1 aromatic carbocycles. The summed E-state index contributed by atoms with van der Waals surface area (Å²) in [5, 5.41) is 2.26. The first kappa shape index (κ1) is 11.4. The van der Waals surface area contributed by atoms with Crippen molar-refractivity contribution in [2.45, 2.75) is 27.2 Å². The lowest BCUT2D eigenvalue weighted by molar-refractivity contribution is 0.0879. The van der Waals surface area contributed by atoms with E-state index in [4.69, 9.17) is 0 Å². The van der Waals surface area contributed by atoms with Crippen molar-refractivity contribution in [3.8, 4) is 0 Å². The highest BCUT2D eigenvalue weighted by atomic mass is 16.2. The standard InChI is InChI=1S/C10H9NO2.C2H6/c1-2-6-3-4-7-8(5-6)10(13)11-9(7)12;1-2/h3-5H,2H2,1H3,(H,11,12,13);1-2H3. The molecule has 3 nitrogen and oxygen atoms in total. The molecule has 2 rings (SSSR count). The highest BCUT2D eigenvalue weighted by molar-refractivity contribution is 6.21. The van der Waals surface area contributed by atoms with E-state index in [1.54, 1.807) is 12.1 Å². The second kappa shape index (κ2) is 4.73. The Hall–Kier alpha value is -1.64. The second-order valence-electron chi connectivity index (χ2n) is 3.02. The van der Waals surface area contributed by atoms with E-state index in [-0.39, 0.29) is 11.8 Å². The largest absolute Gasteiger partial charge is 0.288 e. The normalized spacial score (nSPS) is 12.7. The van der Waals surface area contributed by atoms with Gasteiger partial charge in [-0.1, -0.05) is 26.8 Å². The number of carbonyl (C=O) groups is 2. The lowest BCUT2D eigenvalue weighted by Crippen LogP contribution is -2.19. The Kier molecular flexibility index (Phi) is 3.61. The summed E-state index contributed by atoms with van der Waals surface area (Å²) >= 11 is 0. The van der Waals surface area contributed by atoms with Gasteiger partial charge in [-0.05, 0) is 24.1 Å². The van der Waals surface area contributed by atoms with Crippen molar-refractivity contribution in [3.63, 3.8) is 0 Å². The van der Waals surface area contributed by atoms with Gasteiger partial charge >= 0.3 is 0 Å². The van der Waals surface area contributed by atoms with Gasteiger partial charge in [0.05, 0.1) is 11.1 Å². The number of fused-ring (bicyclic) bond motifs is 1. The van der Waals surface area contributed by atoms with E-state index < -0.39 is 0 Å². The van der Waals surface area contributed by atoms with Crippen LogP contribution in [0, 0.1) is 0 Å². The molecule has 15 heavy (non-hydrogen) atoms. The van der Waals surface area contributed by atoms with Gasteiger partial charge in [0, 0.05) is 0 Å². The second-order valence-corrected chi connectivity index (χ2v) is 3.02. The van der Waals surface area contributed by atoms with E-state index in [1.807, 2.05) is 26.8 Å². The number of nitrogens with one attached hydrogen (secondary N) is 1. The van der Waals surface area contributed by atoms with Crippen molar-refractivity contribution in [1.29, 1.82) is 0 Å². The number of hydrogen-bond acceptors (Lipinski definition) is 2. The van der Waals surface area contributed by atoms with Gasteiger partial charge in [0.25, 0.3) is 11.8 Å². The van der Waals surface area contributed by atoms with E-state index in [2.05, 4.69) is 5.32 Å². The molecule has 0 atom stereocenters. The fourth-order valence-electron chi connectivity index (χ4n) is 1.43. The maximum Gasteiger partial charge on any atom is 0.258 e. The molecule has 0 spiro atoms. The molecule has 0 aromatic heterocycles. The third kappa shape index (κ3) is 2.06. The van der Waals surface area contributed by atoms with E-state index in [0.717, 1.165) is 12.0 Å². The highest BCUT2D eigenvalue weighted by Gasteiger charge is 2.26. The van der Waals surface area contributed by atoms with Crippen LogP contribution < -0.4 is 5.32 Å². The number of aryl methyl sites for hydroxylation is 1. The molecule has 0 unspecified atom stereocenters. The molecule has 0 fully saturated rings. The predicted octanol–water partition coefficient (Wildman–Crippen LogP) is 2.16. The molecule has 1 heterocycles. The van der Waals surface area contributed by atoms with Crippen LogP contribution in [0.25, 0.3) is 0 Å². The average molecular weight is 205 g/mol. The number of rotatable bonds is 1. The molecule has 1 aromatic rings. The van der Waals surface area contributed by atoms with Crippen molar-refractivity contribution in [1.82, 2.24) is 5.32 Å². The van der Waals surface area contributed by atoms with Crippen LogP contribution in [0.4, 0.5) is 0 Å². The zero-order chi connectivity index (χ0) is 11.4. The first-order valence-corrected chi connectivity index (χ1v) is 5.21. The van der Waals surface area contributed by atoms with Crippen molar-refractivity contribution >= 4 is 11.8 Å². The quantitative estimate of drug-likeness (QED) is 0.714. The Balaban J connectivity index is 0.000000531. The molecule has 1 N–H and O–H groups in total. The third-order valence-electron chi connectivity index (χ3n) is 2.21. The van der Waals surface area contributed by atoms with Gasteiger partial charge < -0.3 is 0 Å². The van der Waals surface area contributed by atoms with Crippen LogP contribution in [0.1, 0.15) is 47.1 Å². The summed E-state index contributed by atoms with van der Waals surface area (Å²) in [5.41, 5.74) is 2.06. The Morgan fingerprint density at radius 1 is 1.07 bits per heavy atom. The molecule has 0 aliphatic carbocycles. The highest BCUT2D eigenvalue weighted by Crippen LogP contribution is 2.17. The molecule has 2 amide bonds. The maximum atomic E-state index is 11.2. The van der Waals surface area contributed by atoms with Gasteiger partial charge in [-0.3, -0.25) is 14.9 Å². The fraction of sp³-hybridized carbons (Fsp3) is 0.333. The average Bonchev–Trinajstić information content (AvgIpc) is 2.57. The summed E-state index contributed by atoms with van der Waals surface area (Å²) in [4.78, 5) is 22.4. The number of hydrogen-bond donors (Lipinski definition) is 1. The van der Waals surface area contributed by atoms with Crippen molar-refractivity contribution in [2.75, 3.05) is 0 Å². The number of amides is 2. The Morgan fingerprint density at radius 2 is 1.67 bits per heavy atom. The Morgan fingerprint density at radius 3 is 2.27 bits per heavy atom. The smallest absolute Gasteiger partial charge is 0.258 e. The minimum Gasteiger partial charge on any atom is -0.288 e. The van der Waals surface area contributed by atoms with Crippen LogP contribution >= 0.6 is 0 Å². The SMILES string of the molecule is CC.CCc1ccc2c(c1)C(=O)NC2=O. The molecular weight excluding hydrogens is 190 g/mol. The van der Waals surface area contributed by atoms with E-state index >= 15 is 0 Å². The van der Waals surface area contributed by atoms with Crippen molar-refractivity contribution in [2.24, 2.45) is 0 Å². The number of carbonyl (C=O) groups excluding carboxylic acids is 2. The maximum absolute atomic E-state index is 11.2. The van der Waals surface area contributed by atoms with Crippen molar-refractivity contribution < 1.29 is 9.59 Å². The molecule has 0 radical (unpaired) electrons. The molecule has 1 aliphatic heterocycles. The molecule has 80 valence electrons. The lowest BCUT2D eigenvalue weighted by Gasteiger charge is -1.97. The van der Waals surface area contributed by atoms with Gasteiger partial charge in [-0.15, -0.1) is 0 Å². The van der Waals surface area contributed by atoms with Crippen LogP contribution in [0.15, 0.2) is 18.2 Å². The first-order chi connectivity index (χ1) is 7.22. The molecule has 1 aliphatic rings. The minimum absolute atomic E-state index is 0.282. The van der Waals surface area contributed by atoms with Gasteiger partial charge in [0.1, 0.15) is 0 Å². The third-order valence-corrected chi connectivity index (χ3v) is 2.21. The van der Waals surface area contributed by atoms with Crippen LogP contribution in [-0.2, 0) is 6.42 Å². The Labute approximate surface area is 89.5 Å². The van der Waals surface area contributed by atoms with E-state index in [0.29, 0.717) is 11.1 Å². The van der Waals surface area contributed by atoms with Crippen LogP contribution in [-0.4, -0.2) is 11.8 Å². The summed E-state index contributed by atoms with van der Waals surface area (Å²) in [6.45, 7) is 6.01. The summed E-state index contributed by atoms with van der Waals surface area (Å²) in [7, 11) is 0. The zero-order valence-corrected chi connectivity index (χ0v) is 9.26. The molecular formula is C12H15NO2. The minimum atomic E-state index is -0.289. The summed E-state index contributed by atoms with van der Waals surface area (Å²) < 4.78 is 0. The zero-order valence-electron chi connectivity index (χ0n) is 9.26.